The third-order valence-corrected chi connectivity index (χ3v) is 1.40. The molecule has 1 aliphatic heterocycles. The van der Waals surface area contributed by atoms with Crippen LogP contribution in [0.5, 0.6) is 0 Å². The molecular weight excluding hydrogens is 148 g/mol. The second kappa shape index (κ2) is 4.01. The van der Waals surface area contributed by atoms with E-state index in [2.05, 4.69) is 5.32 Å². The van der Waals surface area contributed by atoms with Crippen LogP contribution in [-0.4, -0.2) is 19.0 Å². The van der Waals surface area contributed by atoms with Crippen molar-refractivity contribution in [3.63, 3.8) is 0 Å². The Hall–Kier alpha value is 0.110. The van der Waals surface area contributed by atoms with E-state index in [0.29, 0.717) is 6.42 Å². The van der Waals surface area contributed by atoms with E-state index >= 15 is 0 Å². The molecule has 0 saturated carbocycles. The van der Waals surface area contributed by atoms with Gasteiger partial charge in [0.05, 0.1) is 6.04 Å². The largest absolute Gasteiger partial charge is 0.309 e. The lowest BCUT2D eigenvalue weighted by molar-refractivity contribution is 0.107. The van der Waals surface area contributed by atoms with Gasteiger partial charge in [-0.05, 0) is 19.4 Å². The molecular formula is C5H10ClF2N. The van der Waals surface area contributed by atoms with Crippen LogP contribution in [0.15, 0.2) is 0 Å². The van der Waals surface area contributed by atoms with Gasteiger partial charge in [-0.2, -0.15) is 0 Å². The van der Waals surface area contributed by atoms with Crippen LogP contribution in [0.3, 0.4) is 0 Å². The van der Waals surface area contributed by atoms with E-state index in [0.717, 1.165) is 13.0 Å². The predicted octanol–water partition coefficient (Wildman–Crippen LogP) is 1.43. The first-order valence-electron chi connectivity index (χ1n) is 2.82. The van der Waals surface area contributed by atoms with Gasteiger partial charge in [0.15, 0.2) is 0 Å². The number of alkyl halides is 2. The summed E-state index contributed by atoms with van der Waals surface area (Å²) in [5, 5.41) is 2.71. The number of hydrogen-bond acceptors (Lipinski definition) is 1. The van der Waals surface area contributed by atoms with Crippen LogP contribution in [0.1, 0.15) is 12.8 Å². The van der Waals surface area contributed by atoms with Crippen molar-refractivity contribution in [2.45, 2.75) is 25.3 Å². The van der Waals surface area contributed by atoms with Gasteiger partial charge in [0, 0.05) is 0 Å². The molecule has 1 aliphatic rings. The van der Waals surface area contributed by atoms with E-state index in [9.17, 15) is 8.78 Å². The molecule has 4 heteroatoms. The monoisotopic (exact) mass is 157 g/mol. The zero-order chi connectivity index (χ0) is 5.98. The second-order valence-electron chi connectivity index (χ2n) is 2.04. The van der Waals surface area contributed by atoms with E-state index in [4.69, 9.17) is 0 Å². The highest BCUT2D eigenvalue weighted by molar-refractivity contribution is 5.85. The predicted molar refractivity (Wildman–Crippen MR) is 34.3 cm³/mol. The third-order valence-electron chi connectivity index (χ3n) is 1.40. The molecule has 1 heterocycles. The minimum atomic E-state index is -2.17. The first kappa shape index (κ1) is 9.11. The normalized spacial score (nSPS) is 26.3. The van der Waals surface area contributed by atoms with E-state index in [1.165, 1.54) is 0 Å². The van der Waals surface area contributed by atoms with Gasteiger partial charge in [0.1, 0.15) is 0 Å². The molecule has 0 aromatic heterocycles. The Morgan fingerprint density at radius 3 is 2.33 bits per heavy atom. The molecule has 0 amide bonds. The smallest absolute Gasteiger partial charge is 0.253 e. The highest BCUT2D eigenvalue weighted by Gasteiger charge is 2.22. The second-order valence-corrected chi connectivity index (χ2v) is 2.04. The van der Waals surface area contributed by atoms with Crippen LogP contribution >= 0.6 is 12.4 Å². The molecule has 0 aromatic rings. The van der Waals surface area contributed by atoms with Crippen LogP contribution in [0.4, 0.5) is 8.78 Å². The summed E-state index contributed by atoms with van der Waals surface area (Å²) in [6, 6.07) is -0.519. The van der Waals surface area contributed by atoms with Crippen molar-refractivity contribution in [2.75, 3.05) is 6.54 Å². The minimum Gasteiger partial charge on any atom is -0.309 e. The summed E-state index contributed by atoms with van der Waals surface area (Å²) in [7, 11) is 0. The van der Waals surface area contributed by atoms with Gasteiger partial charge in [-0.15, -0.1) is 12.4 Å². The molecule has 1 saturated heterocycles. The summed E-state index contributed by atoms with van der Waals surface area (Å²) in [5.41, 5.74) is 0. The van der Waals surface area contributed by atoms with Crippen molar-refractivity contribution in [1.29, 1.82) is 0 Å². The van der Waals surface area contributed by atoms with Crippen molar-refractivity contribution in [3.05, 3.63) is 0 Å². The Labute approximate surface area is 59.2 Å². The number of rotatable bonds is 1. The Morgan fingerprint density at radius 2 is 2.11 bits per heavy atom. The molecule has 1 rings (SSSR count). The molecule has 0 radical (unpaired) electrons. The van der Waals surface area contributed by atoms with Crippen molar-refractivity contribution >= 4 is 12.4 Å². The first-order chi connectivity index (χ1) is 3.80. The van der Waals surface area contributed by atoms with Crippen LogP contribution < -0.4 is 5.32 Å². The molecule has 1 atom stereocenters. The fourth-order valence-electron chi connectivity index (χ4n) is 0.927. The maximum absolute atomic E-state index is 11.7. The van der Waals surface area contributed by atoms with Crippen LogP contribution in [0, 0.1) is 0 Å². The lowest BCUT2D eigenvalue weighted by atomic mass is 10.2. The van der Waals surface area contributed by atoms with Gasteiger partial charge < -0.3 is 5.32 Å². The van der Waals surface area contributed by atoms with E-state index in [1.807, 2.05) is 0 Å². The molecule has 1 N–H and O–H groups in total. The Bertz CT molecular complexity index is 73.4. The summed E-state index contributed by atoms with van der Waals surface area (Å²) in [4.78, 5) is 0. The van der Waals surface area contributed by atoms with Gasteiger partial charge in [0.2, 0.25) is 0 Å². The number of nitrogens with one attached hydrogen (secondary N) is 1. The van der Waals surface area contributed by atoms with Gasteiger partial charge in [-0.1, -0.05) is 0 Å². The summed E-state index contributed by atoms with van der Waals surface area (Å²) < 4.78 is 23.4. The van der Waals surface area contributed by atoms with Crippen molar-refractivity contribution < 1.29 is 8.78 Å². The van der Waals surface area contributed by atoms with Gasteiger partial charge in [-0.25, -0.2) is 8.78 Å². The standard InChI is InChI=1S/C5H9F2N.ClH/c6-5(7)4-2-1-3-8-4;/h4-5,8H,1-3H2;1H. The number of hydrogen-bond donors (Lipinski definition) is 1. The highest BCUT2D eigenvalue weighted by Crippen LogP contribution is 2.11. The van der Waals surface area contributed by atoms with Crippen LogP contribution in [0.25, 0.3) is 0 Å². The zero-order valence-corrected chi connectivity index (χ0v) is 5.76. The highest BCUT2D eigenvalue weighted by atomic mass is 35.5. The lowest BCUT2D eigenvalue weighted by Gasteiger charge is -2.05. The Balaban J connectivity index is 0.000000640. The van der Waals surface area contributed by atoms with Crippen molar-refractivity contribution in [1.82, 2.24) is 5.32 Å². The molecule has 1 unspecified atom stereocenters. The summed E-state index contributed by atoms with van der Waals surface area (Å²) in [5.74, 6) is 0. The summed E-state index contributed by atoms with van der Waals surface area (Å²) in [6.07, 6.45) is -0.635. The number of halogens is 3. The molecule has 1 nitrogen and oxygen atoms in total. The fraction of sp³-hybridized carbons (Fsp3) is 1.00. The average molecular weight is 158 g/mol. The zero-order valence-electron chi connectivity index (χ0n) is 4.94. The fourth-order valence-corrected chi connectivity index (χ4v) is 0.927. The molecule has 56 valence electrons. The molecule has 0 bridgehead atoms. The molecule has 0 aromatic carbocycles. The van der Waals surface area contributed by atoms with Gasteiger partial charge >= 0.3 is 0 Å². The van der Waals surface area contributed by atoms with E-state index in [-0.39, 0.29) is 12.4 Å². The quantitative estimate of drug-likeness (QED) is 0.607. The Kier molecular flexibility index (Phi) is 4.06. The van der Waals surface area contributed by atoms with Gasteiger partial charge in [0.25, 0.3) is 6.43 Å². The SMILES string of the molecule is Cl.FC(F)C1CCCN1. The third kappa shape index (κ3) is 2.45. The molecule has 1 fully saturated rings. The summed E-state index contributed by atoms with van der Waals surface area (Å²) >= 11 is 0. The maximum Gasteiger partial charge on any atom is 0.253 e. The topological polar surface area (TPSA) is 12.0 Å². The Morgan fingerprint density at radius 1 is 1.44 bits per heavy atom. The molecule has 0 aliphatic carbocycles. The van der Waals surface area contributed by atoms with E-state index < -0.39 is 12.5 Å². The van der Waals surface area contributed by atoms with Crippen LogP contribution in [-0.2, 0) is 0 Å². The average Bonchev–Trinajstić information content (AvgIpc) is 2.12. The van der Waals surface area contributed by atoms with Crippen molar-refractivity contribution in [3.8, 4) is 0 Å². The molecule has 0 spiro atoms. The van der Waals surface area contributed by atoms with E-state index in [1.54, 1.807) is 0 Å². The summed E-state index contributed by atoms with van der Waals surface area (Å²) in [6.45, 7) is 0.759. The minimum absolute atomic E-state index is 0. The maximum atomic E-state index is 11.7. The van der Waals surface area contributed by atoms with Crippen molar-refractivity contribution in [2.24, 2.45) is 0 Å². The molecule has 9 heavy (non-hydrogen) atoms. The first-order valence-corrected chi connectivity index (χ1v) is 2.82. The lowest BCUT2D eigenvalue weighted by Crippen LogP contribution is -2.28. The van der Waals surface area contributed by atoms with Crippen LogP contribution in [0.2, 0.25) is 0 Å². The van der Waals surface area contributed by atoms with Gasteiger partial charge in [-0.3, -0.25) is 0 Å².